The highest BCUT2D eigenvalue weighted by molar-refractivity contribution is 5.98. The van der Waals surface area contributed by atoms with E-state index in [0.717, 1.165) is 17.7 Å². The van der Waals surface area contributed by atoms with Crippen LogP contribution in [0.15, 0.2) is 54.6 Å². The van der Waals surface area contributed by atoms with Gasteiger partial charge in [-0.05, 0) is 48.9 Å². The Morgan fingerprint density at radius 2 is 1.47 bits per heavy atom. The highest BCUT2D eigenvalue weighted by Crippen LogP contribution is 2.30. The van der Waals surface area contributed by atoms with Gasteiger partial charge in [-0.2, -0.15) is 0 Å². The van der Waals surface area contributed by atoms with Gasteiger partial charge < -0.3 is 14.9 Å². The molecule has 0 heterocycles. The fourth-order valence-electron chi connectivity index (χ4n) is 3.49. The summed E-state index contributed by atoms with van der Waals surface area (Å²) in [7, 11) is 0. The molecule has 0 bridgehead atoms. The Labute approximate surface area is 178 Å². The Kier molecular flexibility index (Phi) is 9.39. The molecule has 0 saturated heterocycles. The van der Waals surface area contributed by atoms with Crippen LogP contribution in [-0.2, 0) is 22.4 Å². The maximum absolute atomic E-state index is 12.0. The number of hydrogen-bond acceptors (Lipinski definition) is 3. The van der Waals surface area contributed by atoms with E-state index in [1.165, 1.54) is 25.7 Å². The molecule has 0 radical (unpaired) electrons. The summed E-state index contributed by atoms with van der Waals surface area (Å²) in [4.78, 5) is 23.9. The molecule has 162 valence electrons. The Bertz CT molecular complexity index is 769. The van der Waals surface area contributed by atoms with E-state index in [-0.39, 0.29) is 12.8 Å². The summed E-state index contributed by atoms with van der Waals surface area (Å²) in [5.41, 5.74) is -0.259. The smallest absolute Gasteiger partial charge is 0.321 e. The third-order valence-corrected chi connectivity index (χ3v) is 5.45. The molecule has 2 N–H and O–H groups in total. The van der Waals surface area contributed by atoms with Crippen LogP contribution in [0.25, 0.3) is 0 Å². The minimum Gasteiger partial charge on any atom is -0.494 e. The standard InChI is InChI=1S/C25H32O5/c1-2-3-4-5-9-18-30-22-14-12-20(13-15-22)16-17-25(23(26)27,24(28)29)19-21-10-7-6-8-11-21/h6-8,10-15H,2-5,9,16-19H2,1H3,(H,26,27)(H,28,29). The number of hydrogen-bond donors (Lipinski definition) is 2. The fourth-order valence-corrected chi connectivity index (χ4v) is 3.49. The normalized spacial score (nSPS) is 11.2. The van der Waals surface area contributed by atoms with Crippen LogP contribution >= 0.6 is 0 Å². The van der Waals surface area contributed by atoms with Crippen molar-refractivity contribution in [3.8, 4) is 5.75 Å². The van der Waals surface area contributed by atoms with Gasteiger partial charge in [-0.1, -0.05) is 75.1 Å². The number of rotatable bonds is 14. The number of benzene rings is 2. The SMILES string of the molecule is CCCCCCCOc1ccc(CCC(Cc2ccccc2)(C(=O)O)C(=O)O)cc1. The van der Waals surface area contributed by atoms with Gasteiger partial charge in [0.2, 0.25) is 0 Å². The van der Waals surface area contributed by atoms with Crippen LogP contribution in [-0.4, -0.2) is 28.8 Å². The van der Waals surface area contributed by atoms with E-state index in [9.17, 15) is 19.8 Å². The summed E-state index contributed by atoms with van der Waals surface area (Å²) in [6.45, 7) is 2.87. The number of aliphatic carboxylic acids is 2. The van der Waals surface area contributed by atoms with E-state index in [4.69, 9.17) is 4.74 Å². The quantitative estimate of drug-likeness (QED) is 0.322. The molecule has 5 heteroatoms. The average molecular weight is 413 g/mol. The maximum atomic E-state index is 12.0. The van der Waals surface area contributed by atoms with Crippen molar-refractivity contribution in [2.75, 3.05) is 6.61 Å². The minimum atomic E-state index is -1.85. The van der Waals surface area contributed by atoms with Gasteiger partial charge in [0.25, 0.3) is 0 Å². The number of carboxylic acids is 2. The summed E-state index contributed by atoms with van der Waals surface area (Å²) in [5, 5.41) is 19.5. The highest BCUT2D eigenvalue weighted by Gasteiger charge is 2.46. The molecule has 0 fully saturated rings. The van der Waals surface area contributed by atoms with E-state index in [0.29, 0.717) is 18.6 Å². The third kappa shape index (κ3) is 6.90. The molecule has 0 amide bonds. The molecular formula is C25H32O5. The molecular weight excluding hydrogens is 380 g/mol. The molecule has 30 heavy (non-hydrogen) atoms. The van der Waals surface area contributed by atoms with Gasteiger partial charge in [-0.15, -0.1) is 0 Å². The summed E-state index contributed by atoms with van der Waals surface area (Å²) < 4.78 is 5.75. The molecule has 0 spiro atoms. The Morgan fingerprint density at radius 1 is 0.833 bits per heavy atom. The van der Waals surface area contributed by atoms with Crippen LogP contribution in [0, 0.1) is 5.41 Å². The van der Waals surface area contributed by atoms with Crippen LogP contribution in [0.2, 0.25) is 0 Å². The summed E-state index contributed by atoms with van der Waals surface area (Å²) >= 11 is 0. The number of ether oxygens (including phenoxy) is 1. The maximum Gasteiger partial charge on any atom is 0.321 e. The van der Waals surface area contributed by atoms with Crippen LogP contribution in [0.3, 0.4) is 0 Å². The van der Waals surface area contributed by atoms with E-state index in [1.807, 2.05) is 30.3 Å². The van der Waals surface area contributed by atoms with E-state index < -0.39 is 17.4 Å². The van der Waals surface area contributed by atoms with Crippen molar-refractivity contribution in [2.45, 2.75) is 58.3 Å². The van der Waals surface area contributed by atoms with Crippen molar-refractivity contribution in [3.63, 3.8) is 0 Å². The minimum absolute atomic E-state index is 0.0180. The zero-order valence-electron chi connectivity index (χ0n) is 17.7. The lowest BCUT2D eigenvalue weighted by Gasteiger charge is -2.25. The first-order chi connectivity index (χ1) is 14.5. The molecule has 0 aromatic heterocycles. The van der Waals surface area contributed by atoms with Gasteiger partial charge in [0.15, 0.2) is 5.41 Å². The van der Waals surface area contributed by atoms with E-state index in [1.54, 1.807) is 24.3 Å². The fraction of sp³-hybridized carbons (Fsp3) is 0.440. The predicted octanol–water partition coefficient (Wildman–Crippen LogP) is 5.37. The number of aryl methyl sites for hydroxylation is 1. The predicted molar refractivity (Wildman–Crippen MR) is 117 cm³/mol. The van der Waals surface area contributed by atoms with Crippen molar-refractivity contribution in [1.29, 1.82) is 0 Å². The lowest BCUT2D eigenvalue weighted by molar-refractivity contribution is -0.165. The first kappa shape index (κ1) is 23.5. The average Bonchev–Trinajstić information content (AvgIpc) is 2.74. The molecule has 0 unspecified atom stereocenters. The molecule has 0 aliphatic carbocycles. The van der Waals surface area contributed by atoms with Crippen molar-refractivity contribution in [1.82, 2.24) is 0 Å². The molecule has 0 saturated carbocycles. The first-order valence-electron chi connectivity index (χ1n) is 10.7. The topological polar surface area (TPSA) is 83.8 Å². The summed E-state index contributed by atoms with van der Waals surface area (Å²) in [6.07, 6.45) is 6.24. The monoisotopic (exact) mass is 412 g/mol. The molecule has 0 aliphatic rings. The van der Waals surface area contributed by atoms with Crippen molar-refractivity contribution in [3.05, 3.63) is 65.7 Å². The van der Waals surface area contributed by atoms with Crippen molar-refractivity contribution in [2.24, 2.45) is 5.41 Å². The zero-order valence-corrected chi connectivity index (χ0v) is 17.7. The lowest BCUT2D eigenvalue weighted by atomic mass is 9.77. The van der Waals surface area contributed by atoms with Crippen LogP contribution < -0.4 is 4.74 Å². The number of unbranched alkanes of at least 4 members (excludes halogenated alkanes) is 4. The van der Waals surface area contributed by atoms with Gasteiger partial charge in [0, 0.05) is 0 Å². The Morgan fingerprint density at radius 3 is 2.07 bits per heavy atom. The van der Waals surface area contributed by atoms with Crippen LogP contribution in [0.5, 0.6) is 5.75 Å². The van der Waals surface area contributed by atoms with Crippen molar-refractivity contribution >= 4 is 11.9 Å². The summed E-state index contributed by atoms with van der Waals surface area (Å²) in [5.74, 6) is -1.83. The second-order valence-corrected chi connectivity index (χ2v) is 7.76. The molecule has 2 rings (SSSR count). The lowest BCUT2D eigenvalue weighted by Crippen LogP contribution is -2.41. The second kappa shape index (κ2) is 12.0. The van der Waals surface area contributed by atoms with Crippen LogP contribution in [0.4, 0.5) is 0 Å². The third-order valence-electron chi connectivity index (χ3n) is 5.45. The van der Waals surface area contributed by atoms with Gasteiger partial charge in [0.1, 0.15) is 5.75 Å². The molecule has 0 aliphatic heterocycles. The molecule has 2 aromatic carbocycles. The van der Waals surface area contributed by atoms with Gasteiger partial charge in [-0.3, -0.25) is 9.59 Å². The van der Waals surface area contributed by atoms with E-state index in [2.05, 4.69) is 6.92 Å². The first-order valence-corrected chi connectivity index (χ1v) is 10.7. The van der Waals surface area contributed by atoms with Gasteiger partial charge in [-0.25, -0.2) is 0 Å². The highest BCUT2D eigenvalue weighted by atomic mass is 16.5. The van der Waals surface area contributed by atoms with Crippen LogP contribution in [0.1, 0.15) is 56.6 Å². The molecule has 0 atom stereocenters. The summed E-state index contributed by atoms with van der Waals surface area (Å²) in [6, 6.07) is 16.4. The molecule has 5 nitrogen and oxygen atoms in total. The molecule has 2 aromatic rings. The Hall–Kier alpha value is -2.82. The van der Waals surface area contributed by atoms with Gasteiger partial charge in [0.05, 0.1) is 6.61 Å². The number of carbonyl (C=O) groups is 2. The number of carboxylic acid groups (broad SMARTS) is 2. The van der Waals surface area contributed by atoms with Gasteiger partial charge >= 0.3 is 11.9 Å². The van der Waals surface area contributed by atoms with Crippen molar-refractivity contribution < 1.29 is 24.5 Å². The zero-order chi connectivity index (χ0) is 21.8. The van der Waals surface area contributed by atoms with E-state index >= 15 is 0 Å². The Balaban J connectivity index is 1.95. The second-order valence-electron chi connectivity index (χ2n) is 7.76. The largest absolute Gasteiger partial charge is 0.494 e.